The summed E-state index contributed by atoms with van der Waals surface area (Å²) in [6, 6.07) is 0. The van der Waals surface area contributed by atoms with E-state index in [1.165, 1.54) is 64.2 Å². The average Bonchev–Trinajstić information content (AvgIpc) is 2.39. The van der Waals surface area contributed by atoms with Crippen LogP contribution < -0.4 is 0 Å². The molecule has 0 radical (unpaired) electrons. The normalized spacial score (nSPS) is 11.9. The highest BCUT2D eigenvalue weighted by atomic mass is 14.7. The van der Waals surface area contributed by atoms with Crippen molar-refractivity contribution >= 4 is 6.21 Å². The van der Waals surface area contributed by atoms with Gasteiger partial charge in [-0.25, -0.2) is 0 Å². The average molecular weight is 251 g/mol. The molecule has 0 aromatic rings. The molecule has 106 valence electrons. The van der Waals surface area contributed by atoms with Crippen molar-refractivity contribution in [2.24, 2.45) is 4.99 Å². The number of hydrogen-bond donors (Lipinski definition) is 0. The first-order chi connectivity index (χ1) is 8.91. The number of nitrogens with zero attached hydrogens (tertiary/aromatic N) is 1. The molecular weight excluding hydrogens is 218 g/mol. The molecule has 0 fully saturated rings. The Morgan fingerprint density at radius 2 is 1.28 bits per heavy atom. The summed E-state index contributed by atoms with van der Waals surface area (Å²) in [4.78, 5) is 4.40. The molecule has 0 rings (SSSR count). The van der Waals surface area contributed by atoms with Crippen LogP contribution in [0.4, 0.5) is 0 Å². The summed E-state index contributed by atoms with van der Waals surface area (Å²) in [5.41, 5.74) is 0. The first-order valence-electron chi connectivity index (χ1n) is 8.05. The Morgan fingerprint density at radius 1 is 0.667 bits per heavy atom. The van der Waals surface area contributed by atoms with Gasteiger partial charge in [0, 0.05) is 6.54 Å². The molecule has 0 aromatic heterocycles. The van der Waals surface area contributed by atoms with Crippen LogP contribution in [0.15, 0.2) is 17.1 Å². The number of aliphatic imine (C=N–C) groups is 1. The third-order valence-corrected chi connectivity index (χ3v) is 3.08. The van der Waals surface area contributed by atoms with Gasteiger partial charge < -0.3 is 0 Å². The molecule has 0 atom stereocenters. The topological polar surface area (TPSA) is 12.4 Å². The summed E-state index contributed by atoms with van der Waals surface area (Å²) in [6.45, 7) is 5.47. The van der Waals surface area contributed by atoms with Crippen molar-refractivity contribution in [3.05, 3.63) is 12.2 Å². The predicted molar refractivity (Wildman–Crippen MR) is 84.6 cm³/mol. The molecule has 0 aliphatic heterocycles. The molecule has 0 aliphatic carbocycles. The summed E-state index contributed by atoms with van der Waals surface area (Å²) in [5, 5.41) is 0. The van der Waals surface area contributed by atoms with Crippen molar-refractivity contribution in [3.63, 3.8) is 0 Å². The van der Waals surface area contributed by atoms with Crippen molar-refractivity contribution < 1.29 is 0 Å². The zero-order chi connectivity index (χ0) is 13.3. The lowest BCUT2D eigenvalue weighted by Crippen LogP contribution is -1.84. The van der Waals surface area contributed by atoms with Crippen molar-refractivity contribution in [2.75, 3.05) is 6.54 Å². The second-order valence-electron chi connectivity index (χ2n) is 5.05. The van der Waals surface area contributed by atoms with Crippen molar-refractivity contribution in [1.29, 1.82) is 0 Å². The minimum absolute atomic E-state index is 1.04. The molecular formula is C17H33N. The van der Waals surface area contributed by atoms with Crippen LogP contribution in [0.25, 0.3) is 0 Å². The van der Waals surface area contributed by atoms with Gasteiger partial charge in [-0.05, 0) is 38.3 Å². The highest BCUT2D eigenvalue weighted by Crippen LogP contribution is 2.08. The Labute approximate surface area is 115 Å². The number of hydrogen-bond acceptors (Lipinski definition) is 1. The molecule has 0 spiro atoms. The summed E-state index contributed by atoms with van der Waals surface area (Å²) < 4.78 is 0. The van der Waals surface area contributed by atoms with Crippen molar-refractivity contribution in [1.82, 2.24) is 0 Å². The van der Waals surface area contributed by atoms with Crippen LogP contribution in [0, 0.1) is 0 Å². The SMILES string of the molecule is CCCC=CCCCCCCCCN=CCCC. The largest absolute Gasteiger partial charge is 0.298 e. The third kappa shape index (κ3) is 15.4. The van der Waals surface area contributed by atoms with Gasteiger partial charge in [0.1, 0.15) is 0 Å². The lowest BCUT2D eigenvalue weighted by atomic mass is 10.1. The molecule has 1 heteroatoms. The second kappa shape index (κ2) is 16.4. The molecule has 0 heterocycles. The maximum atomic E-state index is 4.40. The number of rotatable bonds is 13. The monoisotopic (exact) mass is 251 g/mol. The van der Waals surface area contributed by atoms with Gasteiger partial charge in [-0.1, -0.05) is 64.5 Å². The first kappa shape index (κ1) is 17.4. The number of allylic oxidation sites excluding steroid dienone is 2. The lowest BCUT2D eigenvalue weighted by molar-refractivity contribution is 0.601. The van der Waals surface area contributed by atoms with E-state index < -0.39 is 0 Å². The van der Waals surface area contributed by atoms with Gasteiger partial charge in [-0.2, -0.15) is 0 Å². The quantitative estimate of drug-likeness (QED) is 0.218. The fraction of sp³-hybridized carbons (Fsp3) is 0.824. The fourth-order valence-corrected chi connectivity index (χ4v) is 1.89. The molecule has 0 bridgehead atoms. The van der Waals surface area contributed by atoms with E-state index in [0.717, 1.165) is 13.0 Å². The van der Waals surface area contributed by atoms with Crippen LogP contribution in [0.1, 0.15) is 84.5 Å². The van der Waals surface area contributed by atoms with Gasteiger partial charge in [0.15, 0.2) is 0 Å². The van der Waals surface area contributed by atoms with E-state index in [9.17, 15) is 0 Å². The van der Waals surface area contributed by atoms with Crippen LogP contribution in [0.3, 0.4) is 0 Å². The zero-order valence-electron chi connectivity index (χ0n) is 12.7. The van der Waals surface area contributed by atoms with E-state index >= 15 is 0 Å². The highest BCUT2D eigenvalue weighted by molar-refractivity contribution is 5.56. The standard InChI is InChI=1S/C17H33N/c1-3-5-7-8-9-10-11-12-13-14-15-17-18-16-6-4-2/h7-8,16H,3-6,9-15,17H2,1-2H3. The predicted octanol–water partition coefficient (Wildman–Crippen LogP) is 5.94. The summed E-state index contributed by atoms with van der Waals surface area (Å²) in [6.07, 6.45) is 21.1. The van der Waals surface area contributed by atoms with E-state index in [2.05, 4.69) is 37.2 Å². The third-order valence-electron chi connectivity index (χ3n) is 3.08. The molecule has 0 aliphatic rings. The Kier molecular flexibility index (Phi) is 15.9. The van der Waals surface area contributed by atoms with Crippen LogP contribution in [-0.2, 0) is 0 Å². The van der Waals surface area contributed by atoms with Crippen molar-refractivity contribution in [2.45, 2.75) is 84.5 Å². The zero-order valence-corrected chi connectivity index (χ0v) is 12.7. The van der Waals surface area contributed by atoms with E-state index in [1.54, 1.807) is 0 Å². The Morgan fingerprint density at radius 3 is 2.00 bits per heavy atom. The molecule has 18 heavy (non-hydrogen) atoms. The molecule has 0 unspecified atom stereocenters. The molecule has 0 saturated carbocycles. The maximum absolute atomic E-state index is 4.40. The number of unbranched alkanes of at least 4 members (excludes halogenated alkanes) is 8. The van der Waals surface area contributed by atoms with Crippen molar-refractivity contribution in [3.8, 4) is 0 Å². The van der Waals surface area contributed by atoms with Gasteiger partial charge in [0.2, 0.25) is 0 Å². The van der Waals surface area contributed by atoms with E-state index in [0.29, 0.717) is 0 Å². The van der Waals surface area contributed by atoms with Crippen LogP contribution in [-0.4, -0.2) is 12.8 Å². The summed E-state index contributed by atoms with van der Waals surface area (Å²) >= 11 is 0. The summed E-state index contributed by atoms with van der Waals surface area (Å²) in [5.74, 6) is 0. The Hall–Kier alpha value is -0.590. The fourth-order valence-electron chi connectivity index (χ4n) is 1.89. The van der Waals surface area contributed by atoms with Crippen LogP contribution >= 0.6 is 0 Å². The first-order valence-corrected chi connectivity index (χ1v) is 8.05. The van der Waals surface area contributed by atoms with Gasteiger partial charge in [0.25, 0.3) is 0 Å². The molecule has 0 aromatic carbocycles. The highest BCUT2D eigenvalue weighted by Gasteiger charge is 1.90. The van der Waals surface area contributed by atoms with Gasteiger partial charge in [-0.3, -0.25) is 4.99 Å². The van der Waals surface area contributed by atoms with E-state index in [4.69, 9.17) is 0 Å². The van der Waals surface area contributed by atoms with E-state index in [1.807, 2.05) is 0 Å². The molecule has 0 amide bonds. The Bertz CT molecular complexity index is 172. The molecule has 0 N–H and O–H groups in total. The maximum Gasteiger partial charge on any atom is 0.0385 e. The summed E-state index contributed by atoms with van der Waals surface area (Å²) in [7, 11) is 0. The lowest BCUT2D eigenvalue weighted by Gasteiger charge is -1.99. The molecule has 1 nitrogen and oxygen atoms in total. The molecule has 0 saturated heterocycles. The van der Waals surface area contributed by atoms with Crippen LogP contribution in [0.5, 0.6) is 0 Å². The smallest absolute Gasteiger partial charge is 0.0385 e. The Balaban J connectivity index is 3.03. The van der Waals surface area contributed by atoms with E-state index in [-0.39, 0.29) is 0 Å². The minimum Gasteiger partial charge on any atom is -0.298 e. The second-order valence-corrected chi connectivity index (χ2v) is 5.05. The minimum atomic E-state index is 1.04. The van der Waals surface area contributed by atoms with Gasteiger partial charge >= 0.3 is 0 Å². The van der Waals surface area contributed by atoms with Gasteiger partial charge in [-0.15, -0.1) is 0 Å². The van der Waals surface area contributed by atoms with Crippen LogP contribution in [0.2, 0.25) is 0 Å². The van der Waals surface area contributed by atoms with Gasteiger partial charge in [0.05, 0.1) is 0 Å².